The van der Waals surface area contributed by atoms with E-state index in [2.05, 4.69) is 10.6 Å². The van der Waals surface area contributed by atoms with Crippen LogP contribution in [0.1, 0.15) is 23.7 Å². The summed E-state index contributed by atoms with van der Waals surface area (Å²) in [4.78, 5) is 19.7. The Bertz CT molecular complexity index is 1320. The fraction of sp³-hybridized carbons (Fsp3) is 0.200. The molecule has 0 aliphatic carbocycles. The molecule has 1 aliphatic rings. The highest BCUT2D eigenvalue weighted by molar-refractivity contribution is 6.34. The summed E-state index contributed by atoms with van der Waals surface area (Å²) in [5, 5.41) is 1.22. The highest BCUT2D eigenvalue weighted by Crippen LogP contribution is 2.38. The van der Waals surface area contributed by atoms with Crippen molar-refractivity contribution in [2.24, 2.45) is 0 Å². The number of anilines is 1. The second-order valence-electron chi connectivity index (χ2n) is 7.90. The highest BCUT2D eigenvalue weighted by atomic mass is 35.5. The molecule has 0 bridgehead atoms. The second-order valence-corrected chi connectivity index (χ2v) is 8.74. The predicted octanol–water partition coefficient (Wildman–Crippen LogP) is 5.92. The van der Waals surface area contributed by atoms with Crippen LogP contribution in [0, 0.1) is 0 Å². The Hall–Kier alpha value is -3.02. The van der Waals surface area contributed by atoms with Gasteiger partial charge in [-0.1, -0.05) is 47.5 Å². The van der Waals surface area contributed by atoms with Gasteiger partial charge in [-0.2, -0.15) is 0 Å². The molecule has 1 amide bonds. The molecule has 1 atom stereocenters. The van der Waals surface area contributed by atoms with Gasteiger partial charge >= 0.3 is 0 Å². The van der Waals surface area contributed by atoms with Crippen LogP contribution in [-0.4, -0.2) is 29.1 Å². The van der Waals surface area contributed by atoms with Crippen molar-refractivity contribution in [2.45, 2.75) is 18.9 Å². The SMILES string of the molecule is COc1ccc(Cl)c(N2C[C@H](c3nc4ccccc4n3Cc3cccc(Cl)c3)CC2=O)c1. The zero-order chi connectivity index (χ0) is 22.2. The smallest absolute Gasteiger partial charge is 0.227 e. The number of rotatable bonds is 5. The third-order valence-corrected chi connectivity index (χ3v) is 6.40. The van der Waals surface area contributed by atoms with Gasteiger partial charge in [-0.05, 0) is 42.0 Å². The minimum atomic E-state index is -0.0589. The number of halogens is 2. The maximum absolute atomic E-state index is 13.0. The van der Waals surface area contributed by atoms with Crippen molar-refractivity contribution < 1.29 is 9.53 Å². The molecule has 0 unspecified atom stereocenters. The topological polar surface area (TPSA) is 47.4 Å². The third kappa shape index (κ3) is 3.83. The van der Waals surface area contributed by atoms with Crippen molar-refractivity contribution in [2.75, 3.05) is 18.6 Å². The molecular formula is C25H21Cl2N3O2. The van der Waals surface area contributed by atoms with Gasteiger partial charge in [-0.25, -0.2) is 4.98 Å². The van der Waals surface area contributed by atoms with Gasteiger partial charge in [-0.3, -0.25) is 4.79 Å². The Kier molecular flexibility index (Phi) is 5.53. The zero-order valence-corrected chi connectivity index (χ0v) is 19.0. The summed E-state index contributed by atoms with van der Waals surface area (Å²) in [5.41, 5.74) is 3.69. The van der Waals surface area contributed by atoms with Crippen molar-refractivity contribution in [3.8, 4) is 5.75 Å². The molecular weight excluding hydrogens is 445 g/mol. The summed E-state index contributed by atoms with van der Waals surface area (Å²) in [7, 11) is 1.60. The summed E-state index contributed by atoms with van der Waals surface area (Å²) < 4.78 is 7.52. The molecule has 0 radical (unpaired) electrons. The van der Waals surface area contributed by atoms with Gasteiger partial charge in [0.2, 0.25) is 5.91 Å². The Labute approximate surface area is 196 Å². The molecule has 5 rings (SSSR count). The van der Waals surface area contributed by atoms with E-state index in [1.807, 2.05) is 42.5 Å². The highest BCUT2D eigenvalue weighted by Gasteiger charge is 2.35. The van der Waals surface area contributed by atoms with E-state index in [0.717, 1.165) is 22.4 Å². The van der Waals surface area contributed by atoms with Crippen molar-refractivity contribution in [3.63, 3.8) is 0 Å². The fourth-order valence-corrected chi connectivity index (χ4v) is 4.76. The Morgan fingerprint density at radius 1 is 1.06 bits per heavy atom. The van der Waals surface area contributed by atoms with Gasteiger partial charge in [0.05, 0.1) is 28.9 Å². The molecule has 1 saturated heterocycles. The van der Waals surface area contributed by atoms with E-state index in [1.165, 1.54) is 0 Å². The molecule has 0 N–H and O–H groups in total. The lowest BCUT2D eigenvalue weighted by molar-refractivity contribution is -0.117. The van der Waals surface area contributed by atoms with Crippen LogP contribution in [0.5, 0.6) is 5.75 Å². The van der Waals surface area contributed by atoms with Crippen LogP contribution in [0.15, 0.2) is 66.7 Å². The number of ether oxygens (including phenoxy) is 1. The summed E-state index contributed by atoms with van der Waals surface area (Å²) in [6.07, 6.45) is 0.367. The van der Waals surface area contributed by atoms with E-state index in [4.69, 9.17) is 32.9 Å². The molecule has 2 heterocycles. The van der Waals surface area contributed by atoms with Crippen molar-refractivity contribution in [1.29, 1.82) is 0 Å². The number of nitrogens with zero attached hydrogens (tertiary/aromatic N) is 3. The minimum absolute atomic E-state index is 0.0199. The molecule has 0 saturated carbocycles. The average Bonchev–Trinajstić information content (AvgIpc) is 3.35. The van der Waals surface area contributed by atoms with Gasteiger partial charge in [0, 0.05) is 36.5 Å². The largest absolute Gasteiger partial charge is 0.497 e. The Balaban J connectivity index is 1.53. The maximum atomic E-state index is 13.0. The van der Waals surface area contributed by atoms with Crippen molar-refractivity contribution in [3.05, 3.63) is 88.2 Å². The lowest BCUT2D eigenvalue weighted by atomic mass is 10.1. The molecule has 0 spiro atoms. The first-order chi connectivity index (χ1) is 15.5. The quantitative estimate of drug-likeness (QED) is 0.367. The molecule has 7 heteroatoms. The summed E-state index contributed by atoms with van der Waals surface area (Å²) in [6.45, 7) is 1.13. The van der Waals surface area contributed by atoms with Gasteiger partial charge < -0.3 is 14.2 Å². The van der Waals surface area contributed by atoms with E-state index in [-0.39, 0.29) is 11.8 Å². The summed E-state index contributed by atoms with van der Waals surface area (Å²) in [5.74, 6) is 1.51. The number of methoxy groups -OCH3 is 1. The monoisotopic (exact) mass is 465 g/mol. The molecule has 1 aliphatic heterocycles. The molecule has 4 aromatic rings. The number of hydrogen-bond donors (Lipinski definition) is 0. The molecule has 162 valence electrons. The first-order valence-corrected chi connectivity index (χ1v) is 11.1. The van der Waals surface area contributed by atoms with Crippen molar-refractivity contribution >= 4 is 45.8 Å². The number of amides is 1. The molecule has 1 aromatic heterocycles. The minimum Gasteiger partial charge on any atom is -0.497 e. The summed E-state index contributed by atoms with van der Waals surface area (Å²) in [6, 6.07) is 21.2. The molecule has 32 heavy (non-hydrogen) atoms. The number of carbonyl (C=O) groups excluding carboxylic acids is 1. The number of aromatic nitrogens is 2. The number of imidazole rings is 1. The predicted molar refractivity (Wildman–Crippen MR) is 128 cm³/mol. The van der Waals surface area contributed by atoms with Crippen LogP contribution in [0.2, 0.25) is 10.0 Å². The second kappa shape index (κ2) is 8.49. The van der Waals surface area contributed by atoms with Crippen LogP contribution < -0.4 is 9.64 Å². The zero-order valence-electron chi connectivity index (χ0n) is 17.5. The van der Waals surface area contributed by atoms with Crippen LogP contribution >= 0.6 is 23.2 Å². The summed E-state index contributed by atoms with van der Waals surface area (Å²) >= 11 is 12.6. The number of carbonyl (C=O) groups is 1. The van der Waals surface area contributed by atoms with Gasteiger partial charge in [-0.15, -0.1) is 0 Å². The first kappa shape index (κ1) is 20.9. The maximum Gasteiger partial charge on any atom is 0.227 e. The van der Waals surface area contributed by atoms with E-state index in [9.17, 15) is 4.79 Å². The Morgan fingerprint density at radius 3 is 2.72 bits per heavy atom. The number of benzene rings is 3. The Morgan fingerprint density at radius 2 is 1.91 bits per heavy atom. The van der Waals surface area contributed by atoms with Crippen LogP contribution in [0.25, 0.3) is 11.0 Å². The van der Waals surface area contributed by atoms with E-state index >= 15 is 0 Å². The standard InChI is InChI=1S/C25H21Cl2N3O2/c1-32-19-9-10-20(27)23(13-19)29-15-17(12-24(29)31)25-28-21-7-2-3-8-22(21)30(25)14-16-5-4-6-18(26)11-16/h2-11,13,17H,12,14-15H2,1H3/t17-/m1/s1. The molecule has 1 fully saturated rings. The number of fused-ring (bicyclic) bond motifs is 1. The number of para-hydroxylation sites is 2. The lowest BCUT2D eigenvalue weighted by Crippen LogP contribution is -2.25. The van der Waals surface area contributed by atoms with Crippen LogP contribution in [0.3, 0.4) is 0 Å². The van der Waals surface area contributed by atoms with Crippen LogP contribution in [0.4, 0.5) is 5.69 Å². The normalized spacial score (nSPS) is 16.2. The lowest BCUT2D eigenvalue weighted by Gasteiger charge is -2.19. The van der Waals surface area contributed by atoms with E-state index < -0.39 is 0 Å². The van der Waals surface area contributed by atoms with E-state index in [1.54, 1.807) is 30.2 Å². The van der Waals surface area contributed by atoms with Crippen LogP contribution in [-0.2, 0) is 11.3 Å². The van der Waals surface area contributed by atoms with Gasteiger partial charge in [0.1, 0.15) is 11.6 Å². The van der Waals surface area contributed by atoms with E-state index in [0.29, 0.717) is 41.0 Å². The third-order valence-electron chi connectivity index (χ3n) is 5.85. The van der Waals surface area contributed by atoms with Crippen molar-refractivity contribution in [1.82, 2.24) is 9.55 Å². The molecule has 3 aromatic carbocycles. The number of hydrogen-bond acceptors (Lipinski definition) is 3. The van der Waals surface area contributed by atoms with Gasteiger partial charge in [0.15, 0.2) is 0 Å². The average molecular weight is 466 g/mol. The van der Waals surface area contributed by atoms with Gasteiger partial charge in [0.25, 0.3) is 0 Å². The fourth-order valence-electron chi connectivity index (χ4n) is 4.33. The molecule has 5 nitrogen and oxygen atoms in total. The first-order valence-electron chi connectivity index (χ1n) is 10.4.